The number of benzene rings is 1. The van der Waals surface area contributed by atoms with Crippen molar-refractivity contribution in [2.24, 2.45) is 0 Å². The van der Waals surface area contributed by atoms with Gasteiger partial charge in [0.1, 0.15) is 0 Å². The molecule has 0 radical (unpaired) electrons. The Bertz CT molecular complexity index is 460. The minimum absolute atomic E-state index is 0.772. The number of hydrogen-bond acceptors (Lipinski definition) is 3. The van der Waals surface area contributed by atoms with E-state index >= 15 is 0 Å². The SMILES string of the molecule is Cc1ccc(Sc2cccs2)c(C=O)c1. The summed E-state index contributed by atoms with van der Waals surface area (Å²) in [5.41, 5.74) is 1.89. The van der Waals surface area contributed by atoms with Crippen LogP contribution in [-0.2, 0) is 0 Å². The van der Waals surface area contributed by atoms with Crippen LogP contribution in [-0.4, -0.2) is 6.29 Å². The number of aldehydes is 1. The Morgan fingerprint density at radius 3 is 2.87 bits per heavy atom. The zero-order valence-corrected chi connectivity index (χ0v) is 9.90. The summed E-state index contributed by atoms with van der Waals surface area (Å²) in [5.74, 6) is 0. The highest BCUT2D eigenvalue weighted by atomic mass is 32.2. The molecule has 2 aromatic rings. The Morgan fingerprint density at radius 1 is 1.33 bits per heavy atom. The molecule has 0 atom stereocenters. The molecular weight excluding hydrogens is 224 g/mol. The third-order valence-corrected chi connectivity index (χ3v) is 4.13. The summed E-state index contributed by atoms with van der Waals surface area (Å²) in [6.07, 6.45) is 0.920. The molecule has 0 unspecified atom stereocenters. The summed E-state index contributed by atoms with van der Waals surface area (Å²) < 4.78 is 1.21. The fourth-order valence-electron chi connectivity index (χ4n) is 1.28. The summed E-state index contributed by atoms with van der Waals surface area (Å²) >= 11 is 3.33. The average molecular weight is 234 g/mol. The van der Waals surface area contributed by atoms with Crippen LogP contribution in [0.15, 0.2) is 44.8 Å². The Morgan fingerprint density at radius 2 is 2.20 bits per heavy atom. The van der Waals surface area contributed by atoms with Crippen LogP contribution in [0.25, 0.3) is 0 Å². The van der Waals surface area contributed by atoms with Gasteiger partial charge in [-0.1, -0.05) is 29.5 Å². The van der Waals surface area contributed by atoms with Gasteiger partial charge in [-0.2, -0.15) is 0 Å². The van der Waals surface area contributed by atoms with Gasteiger partial charge in [0, 0.05) is 10.5 Å². The van der Waals surface area contributed by atoms with Gasteiger partial charge in [0.2, 0.25) is 0 Å². The Hall–Kier alpha value is -1.06. The van der Waals surface area contributed by atoms with Crippen LogP contribution >= 0.6 is 23.1 Å². The maximum atomic E-state index is 10.9. The molecule has 1 aromatic carbocycles. The van der Waals surface area contributed by atoms with Crippen molar-refractivity contribution in [3.63, 3.8) is 0 Å². The molecule has 15 heavy (non-hydrogen) atoms. The molecule has 2 rings (SSSR count). The number of carbonyl (C=O) groups excluding carboxylic acids is 1. The van der Waals surface area contributed by atoms with E-state index < -0.39 is 0 Å². The van der Waals surface area contributed by atoms with Crippen LogP contribution in [0.4, 0.5) is 0 Å². The van der Waals surface area contributed by atoms with Crippen LogP contribution in [0.3, 0.4) is 0 Å². The average Bonchev–Trinajstić information content (AvgIpc) is 2.73. The van der Waals surface area contributed by atoms with Crippen molar-refractivity contribution < 1.29 is 4.79 Å². The molecule has 0 aliphatic rings. The van der Waals surface area contributed by atoms with Crippen molar-refractivity contribution in [3.05, 3.63) is 46.8 Å². The second-order valence-electron chi connectivity index (χ2n) is 3.19. The summed E-state index contributed by atoms with van der Waals surface area (Å²) in [6, 6.07) is 10.0. The lowest BCUT2D eigenvalue weighted by molar-refractivity contribution is 0.112. The summed E-state index contributed by atoms with van der Waals surface area (Å²) in [6.45, 7) is 1.99. The number of carbonyl (C=O) groups is 1. The molecule has 0 saturated carbocycles. The van der Waals surface area contributed by atoms with Gasteiger partial charge in [-0.15, -0.1) is 11.3 Å². The molecule has 0 bridgehead atoms. The lowest BCUT2D eigenvalue weighted by atomic mass is 10.2. The molecule has 76 valence electrons. The standard InChI is InChI=1S/C12H10OS2/c1-9-4-5-11(10(7-9)8-13)15-12-3-2-6-14-12/h2-8H,1H3. The van der Waals surface area contributed by atoms with Crippen LogP contribution in [0.5, 0.6) is 0 Å². The van der Waals surface area contributed by atoms with Gasteiger partial charge in [0.15, 0.2) is 6.29 Å². The monoisotopic (exact) mass is 234 g/mol. The zero-order chi connectivity index (χ0) is 10.7. The molecule has 3 heteroatoms. The van der Waals surface area contributed by atoms with Gasteiger partial charge in [0.05, 0.1) is 4.21 Å². The Balaban J connectivity index is 2.32. The van der Waals surface area contributed by atoms with E-state index in [2.05, 4.69) is 6.07 Å². The lowest BCUT2D eigenvalue weighted by Gasteiger charge is -2.03. The van der Waals surface area contributed by atoms with Crippen molar-refractivity contribution in [2.75, 3.05) is 0 Å². The highest BCUT2D eigenvalue weighted by molar-refractivity contribution is 8.01. The molecule has 0 saturated heterocycles. The molecule has 0 spiro atoms. The van der Waals surface area contributed by atoms with E-state index in [-0.39, 0.29) is 0 Å². The largest absolute Gasteiger partial charge is 0.298 e. The van der Waals surface area contributed by atoms with Gasteiger partial charge in [-0.25, -0.2) is 0 Å². The summed E-state index contributed by atoms with van der Waals surface area (Å²) in [4.78, 5) is 11.9. The van der Waals surface area contributed by atoms with E-state index in [9.17, 15) is 4.79 Å². The predicted octanol–water partition coefficient (Wildman–Crippen LogP) is 4.02. The van der Waals surface area contributed by atoms with Crippen LogP contribution in [0, 0.1) is 6.92 Å². The van der Waals surface area contributed by atoms with Crippen molar-refractivity contribution in [3.8, 4) is 0 Å². The van der Waals surface area contributed by atoms with Crippen LogP contribution in [0.2, 0.25) is 0 Å². The smallest absolute Gasteiger partial charge is 0.151 e. The van der Waals surface area contributed by atoms with Crippen LogP contribution in [0.1, 0.15) is 15.9 Å². The first kappa shape index (κ1) is 10.5. The lowest BCUT2D eigenvalue weighted by Crippen LogP contribution is -1.85. The van der Waals surface area contributed by atoms with Gasteiger partial charge in [-0.05, 0) is 30.5 Å². The topological polar surface area (TPSA) is 17.1 Å². The third kappa shape index (κ3) is 2.49. The Kier molecular flexibility index (Phi) is 3.23. The molecule has 1 heterocycles. The molecule has 1 aromatic heterocycles. The van der Waals surface area contributed by atoms with E-state index in [1.54, 1.807) is 23.1 Å². The Labute approximate surface area is 97.1 Å². The fourth-order valence-corrected chi connectivity index (χ4v) is 3.08. The van der Waals surface area contributed by atoms with Crippen LogP contribution < -0.4 is 0 Å². The van der Waals surface area contributed by atoms with E-state index in [0.717, 1.165) is 22.3 Å². The van der Waals surface area contributed by atoms with E-state index in [4.69, 9.17) is 0 Å². The van der Waals surface area contributed by atoms with E-state index in [1.807, 2.05) is 36.6 Å². The first-order valence-corrected chi connectivity index (χ1v) is 6.26. The quantitative estimate of drug-likeness (QED) is 0.746. The number of thiophene rings is 1. The number of hydrogen-bond donors (Lipinski definition) is 0. The van der Waals surface area contributed by atoms with E-state index in [0.29, 0.717) is 0 Å². The summed E-state index contributed by atoms with van der Waals surface area (Å²) in [7, 11) is 0. The maximum Gasteiger partial charge on any atom is 0.151 e. The highest BCUT2D eigenvalue weighted by Gasteiger charge is 2.04. The first-order chi connectivity index (χ1) is 7.29. The van der Waals surface area contributed by atoms with Crippen molar-refractivity contribution in [2.45, 2.75) is 16.0 Å². The fraction of sp³-hybridized carbons (Fsp3) is 0.0833. The third-order valence-electron chi connectivity index (χ3n) is 2.00. The first-order valence-electron chi connectivity index (χ1n) is 4.57. The highest BCUT2D eigenvalue weighted by Crippen LogP contribution is 2.33. The van der Waals surface area contributed by atoms with Crippen molar-refractivity contribution in [1.82, 2.24) is 0 Å². The molecule has 0 N–H and O–H groups in total. The zero-order valence-electron chi connectivity index (χ0n) is 8.27. The minimum Gasteiger partial charge on any atom is -0.298 e. The molecule has 1 nitrogen and oxygen atoms in total. The van der Waals surface area contributed by atoms with Gasteiger partial charge >= 0.3 is 0 Å². The molecule has 0 aliphatic heterocycles. The number of rotatable bonds is 3. The predicted molar refractivity (Wildman–Crippen MR) is 65.0 cm³/mol. The summed E-state index contributed by atoms with van der Waals surface area (Å²) in [5, 5.41) is 2.04. The van der Waals surface area contributed by atoms with Crippen molar-refractivity contribution >= 4 is 29.4 Å². The molecule has 0 amide bonds. The van der Waals surface area contributed by atoms with Gasteiger partial charge < -0.3 is 0 Å². The van der Waals surface area contributed by atoms with E-state index in [1.165, 1.54) is 4.21 Å². The maximum absolute atomic E-state index is 10.9. The van der Waals surface area contributed by atoms with Gasteiger partial charge in [-0.3, -0.25) is 4.79 Å². The van der Waals surface area contributed by atoms with Gasteiger partial charge in [0.25, 0.3) is 0 Å². The van der Waals surface area contributed by atoms with Crippen molar-refractivity contribution in [1.29, 1.82) is 0 Å². The molecular formula is C12H10OS2. The second-order valence-corrected chi connectivity index (χ2v) is 5.48. The molecule has 0 aliphatic carbocycles. The second kappa shape index (κ2) is 4.64. The minimum atomic E-state index is 0.772. The molecule has 0 fully saturated rings. The number of aryl methyl sites for hydroxylation is 1. The normalized spacial score (nSPS) is 10.2.